The van der Waals surface area contributed by atoms with E-state index in [1.54, 1.807) is 42.2 Å². The molecular weight excluding hydrogens is 488 g/mol. The molecule has 0 fully saturated rings. The van der Waals surface area contributed by atoms with E-state index in [0.717, 1.165) is 17.7 Å². The molecule has 1 atom stereocenters. The summed E-state index contributed by atoms with van der Waals surface area (Å²) in [6.07, 6.45) is -4.74. The average molecular weight is 505 g/mol. The minimum absolute atomic E-state index is 0.395. The van der Waals surface area contributed by atoms with Gasteiger partial charge in [0.25, 0.3) is 0 Å². The van der Waals surface area contributed by atoms with Crippen molar-refractivity contribution >= 4 is 34.5 Å². The van der Waals surface area contributed by atoms with E-state index in [1.807, 2.05) is 0 Å². The second-order valence-electron chi connectivity index (χ2n) is 8.11. The third-order valence-corrected chi connectivity index (χ3v) is 6.46. The van der Waals surface area contributed by atoms with E-state index >= 15 is 0 Å². The average Bonchev–Trinajstić information content (AvgIpc) is 2.79. The second-order valence-corrected chi connectivity index (χ2v) is 8.96. The Balaban J connectivity index is 1.64. The lowest BCUT2D eigenvalue weighted by Gasteiger charge is -2.43. The third-order valence-electron chi connectivity index (χ3n) is 5.86. The number of halogens is 5. The monoisotopic (exact) mass is 504 g/mol. The van der Waals surface area contributed by atoms with Gasteiger partial charge in [0.1, 0.15) is 22.7 Å². The quantitative estimate of drug-likeness (QED) is 0.297. The SMILES string of the molecule is Cc1ccc(N2C3=C(Cc4cc(Cl)ccc4O3)C(=S)NC2c2ccc(C(F)(F)F)cc2)cc1F. The highest BCUT2D eigenvalue weighted by atomic mass is 35.5. The summed E-state index contributed by atoms with van der Waals surface area (Å²) in [6.45, 7) is 1.65. The van der Waals surface area contributed by atoms with Crippen LogP contribution in [0.1, 0.15) is 28.4 Å². The van der Waals surface area contributed by atoms with Crippen molar-refractivity contribution in [1.29, 1.82) is 0 Å². The van der Waals surface area contributed by atoms with E-state index in [9.17, 15) is 17.6 Å². The number of thiocarbonyl (C=S) groups is 1. The number of alkyl halides is 3. The van der Waals surface area contributed by atoms with Gasteiger partial charge in [0, 0.05) is 22.7 Å². The van der Waals surface area contributed by atoms with Crippen LogP contribution in [0, 0.1) is 12.7 Å². The molecule has 3 aromatic rings. The standard InChI is InChI=1S/C25H17ClF4N2OS/c1-13-2-8-18(12-20(13)27)32-22(14-3-5-16(6-4-14)25(28,29)30)31-23(34)19-11-15-10-17(26)7-9-21(15)33-24(19)32/h2-10,12,22H,11H2,1H3,(H,31,34). The number of anilines is 1. The molecule has 1 unspecified atom stereocenters. The van der Waals surface area contributed by atoms with Gasteiger partial charge in [-0.2, -0.15) is 13.2 Å². The summed E-state index contributed by atoms with van der Waals surface area (Å²) in [6, 6.07) is 14.8. The molecule has 0 saturated heterocycles. The van der Waals surface area contributed by atoms with Gasteiger partial charge in [-0.05, 0) is 60.5 Å². The van der Waals surface area contributed by atoms with E-state index in [1.165, 1.54) is 18.2 Å². The van der Waals surface area contributed by atoms with Crippen molar-refractivity contribution in [3.05, 3.63) is 105 Å². The summed E-state index contributed by atoms with van der Waals surface area (Å²) in [5.41, 5.74) is 2.20. The number of rotatable bonds is 2. The summed E-state index contributed by atoms with van der Waals surface area (Å²) in [5.74, 6) is 0.560. The van der Waals surface area contributed by atoms with Gasteiger partial charge in [-0.25, -0.2) is 4.39 Å². The lowest BCUT2D eigenvalue weighted by atomic mass is 9.98. The highest BCUT2D eigenvalue weighted by Gasteiger charge is 2.38. The Bertz CT molecular complexity index is 1340. The molecule has 0 bridgehead atoms. The maximum atomic E-state index is 14.6. The summed E-state index contributed by atoms with van der Waals surface area (Å²) in [4.78, 5) is 2.11. The smallest absolute Gasteiger partial charge is 0.416 e. The summed E-state index contributed by atoms with van der Waals surface area (Å²) in [5, 5.41) is 3.76. The summed E-state index contributed by atoms with van der Waals surface area (Å²) < 4.78 is 60.1. The third kappa shape index (κ3) is 4.01. The van der Waals surface area contributed by atoms with Crippen LogP contribution in [0.15, 0.2) is 72.1 Å². The fourth-order valence-corrected chi connectivity index (χ4v) is 4.53. The van der Waals surface area contributed by atoms with E-state index in [4.69, 9.17) is 28.6 Å². The number of ether oxygens (including phenoxy) is 1. The molecule has 0 aromatic heterocycles. The maximum absolute atomic E-state index is 14.6. The first kappa shape index (κ1) is 22.7. The Hall–Kier alpha value is -3.10. The van der Waals surface area contributed by atoms with Crippen LogP contribution in [0.25, 0.3) is 0 Å². The Morgan fingerprint density at radius 3 is 2.47 bits per heavy atom. The zero-order valence-corrected chi connectivity index (χ0v) is 19.3. The number of aryl methyl sites for hydroxylation is 1. The molecule has 2 heterocycles. The van der Waals surface area contributed by atoms with Gasteiger partial charge in [0.15, 0.2) is 0 Å². The van der Waals surface area contributed by atoms with Gasteiger partial charge < -0.3 is 10.1 Å². The Kier molecular flexibility index (Phi) is 5.53. The Labute approximate surface area is 203 Å². The van der Waals surface area contributed by atoms with Crippen LogP contribution in [0.3, 0.4) is 0 Å². The van der Waals surface area contributed by atoms with Crippen LogP contribution in [0.2, 0.25) is 5.02 Å². The lowest BCUT2D eigenvalue weighted by molar-refractivity contribution is -0.137. The topological polar surface area (TPSA) is 24.5 Å². The second kappa shape index (κ2) is 8.29. The zero-order chi connectivity index (χ0) is 24.2. The predicted molar refractivity (Wildman–Crippen MR) is 126 cm³/mol. The largest absolute Gasteiger partial charge is 0.440 e. The zero-order valence-electron chi connectivity index (χ0n) is 17.7. The number of hydrogen-bond acceptors (Lipinski definition) is 3. The number of hydrogen-bond donors (Lipinski definition) is 1. The Morgan fingerprint density at radius 1 is 1.06 bits per heavy atom. The highest BCUT2D eigenvalue weighted by molar-refractivity contribution is 7.80. The number of benzene rings is 3. The van der Waals surface area contributed by atoms with Gasteiger partial charge in [0.05, 0.1) is 11.1 Å². The van der Waals surface area contributed by atoms with Gasteiger partial charge in [0.2, 0.25) is 5.88 Å². The molecular formula is C25H17ClF4N2OS. The number of nitrogens with one attached hydrogen (secondary N) is 1. The van der Waals surface area contributed by atoms with Crippen LogP contribution < -0.4 is 15.0 Å². The van der Waals surface area contributed by atoms with E-state index in [2.05, 4.69) is 5.32 Å². The fraction of sp³-hybridized carbons (Fsp3) is 0.160. The van der Waals surface area contributed by atoms with Crippen LogP contribution in [0.4, 0.5) is 23.2 Å². The normalized spacial score (nSPS) is 17.6. The number of nitrogens with zero attached hydrogens (tertiary/aromatic N) is 1. The molecule has 0 amide bonds. The molecule has 3 aromatic carbocycles. The molecule has 3 nitrogen and oxygen atoms in total. The molecule has 174 valence electrons. The molecule has 0 aliphatic carbocycles. The van der Waals surface area contributed by atoms with E-state index in [-0.39, 0.29) is 0 Å². The Morgan fingerprint density at radius 2 is 1.79 bits per heavy atom. The van der Waals surface area contributed by atoms with Gasteiger partial charge in [-0.3, -0.25) is 4.90 Å². The van der Waals surface area contributed by atoms with Crippen molar-refractivity contribution in [3.8, 4) is 5.75 Å². The van der Waals surface area contributed by atoms with E-state index in [0.29, 0.717) is 50.5 Å². The molecule has 0 radical (unpaired) electrons. The summed E-state index contributed by atoms with van der Waals surface area (Å²) >= 11 is 11.8. The van der Waals surface area contributed by atoms with Crippen molar-refractivity contribution in [1.82, 2.24) is 5.32 Å². The van der Waals surface area contributed by atoms with Crippen LogP contribution >= 0.6 is 23.8 Å². The van der Waals surface area contributed by atoms with Crippen LogP contribution in [-0.2, 0) is 12.6 Å². The van der Waals surface area contributed by atoms with Crippen molar-refractivity contribution in [3.63, 3.8) is 0 Å². The van der Waals surface area contributed by atoms with Crippen molar-refractivity contribution in [2.75, 3.05) is 4.90 Å². The maximum Gasteiger partial charge on any atom is 0.416 e. The molecule has 2 aliphatic rings. The van der Waals surface area contributed by atoms with Crippen LogP contribution in [0.5, 0.6) is 5.75 Å². The molecule has 5 rings (SSSR count). The fourth-order valence-electron chi connectivity index (χ4n) is 4.07. The first-order chi connectivity index (χ1) is 16.1. The van der Waals surface area contributed by atoms with Gasteiger partial charge in [-0.15, -0.1) is 0 Å². The van der Waals surface area contributed by atoms with Crippen molar-refractivity contribution in [2.45, 2.75) is 25.7 Å². The first-order valence-corrected chi connectivity index (χ1v) is 11.1. The van der Waals surface area contributed by atoms with Crippen molar-refractivity contribution < 1.29 is 22.3 Å². The van der Waals surface area contributed by atoms with E-state index < -0.39 is 23.7 Å². The molecule has 2 aliphatic heterocycles. The molecule has 34 heavy (non-hydrogen) atoms. The summed E-state index contributed by atoms with van der Waals surface area (Å²) in [7, 11) is 0. The number of fused-ring (bicyclic) bond motifs is 1. The molecule has 0 saturated carbocycles. The van der Waals surface area contributed by atoms with Gasteiger partial charge >= 0.3 is 6.18 Å². The van der Waals surface area contributed by atoms with Gasteiger partial charge in [-0.1, -0.05) is 42.0 Å². The highest BCUT2D eigenvalue weighted by Crippen LogP contribution is 2.42. The molecule has 1 N–H and O–H groups in total. The van der Waals surface area contributed by atoms with Crippen molar-refractivity contribution in [2.24, 2.45) is 0 Å². The molecule has 9 heteroatoms. The minimum Gasteiger partial charge on any atom is -0.440 e. The van der Waals surface area contributed by atoms with Crippen LogP contribution in [-0.4, -0.2) is 4.99 Å². The minimum atomic E-state index is -4.46. The lowest BCUT2D eigenvalue weighted by Crippen LogP contribution is -2.49. The molecule has 0 spiro atoms. The predicted octanol–water partition coefficient (Wildman–Crippen LogP) is 7.09. The first-order valence-electron chi connectivity index (χ1n) is 10.3.